The summed E-state index contributed by atoms with van der Waals surface area (Å²) in [5.74, 6) is 0.0648. The number of ether oxygens (including phenoxy) is 1. The highest BCUT2D eigenvalue weighted by atomic mass is 35.5. The summed E-state index contributed by atoms with van der Waals surface area (Å²) in [5, 5.41) is 8.96. The fourth-order valence-corrected chi connectivity index (χ4v) is 1.00. The van der Waals surface area contributed by atoms with Crippen molar-refractivity contribution in [3.05, 3.63) is 28.8 Å². The molecule has 0 unspecified atom stereocenters. The standard InChI is InChI=1S/C8H3Cl2NO2/c9-6-2-1-5(4-11)7(3-6)13-8(10)12/h1-3H. The van der Waals surface area contributed by atoms with Crippen LogP contribution >= 0.6 is 23.2 Å². The number of nitriles is 1. The molecule has 0 fully saturated rings. The SMILES string of the molecule is N#Cc1ccc(Cl)cc1OC(=O)Cl. The van der Waals surface area contributed by atoms with Crippen LogP contribution in [0, 0.1) is 11.3 Å². The fourth-order valence-electron chi connectivity index (χ4n) is 0.759. The van der Waals surface area contributed by atoms with Crippen molar-refractivity contribution in [2.45, 2.75) is 0 Å². The Morgan fingerprint density at radius 1 is 1.54 bits per heavy atom. The zero-order chi connectivity index (χ0) is 9.84. The summed E-state index contributed by atoms with van der Waals surface area (Å²) in [6, 6.07) is 6.14. The average Bonchev–Trinajstić information content (AvgIpc) is 2.03. The van der Waals surface area contributed by atoms with E-state index in [2.05, 4.69) is 4.74 Å². The van der Waals surface area contributed by atoms with Crippen molar-refractivity contribution in [1.82, 2.24) is 0 Å². The van der Waals surface area contributed by atoms with Gasteiger partial charge < -0.3 is 4.74 Å². The minimum atomic E-state index is -1.00. The van der Waals surface area contributed by atoms with E-state index < -0.39 is 5.43 Å². The molecule has 66 valence electrons. The number of carbonyl (C=O) groups is 1. The van der Waals surface area contributed by atoms with Gasteiger partial charge in [0.05, 0.1) is 5.56 Å². The third-order valence-corrected chi connectivity index (χ3v) is 1.57. The molecule has 1 aromatic rings. The molecule has 1 rings (SSSR count). The molecule has 0 aliphatic rings. The van der Waals surface area contributed by atoms with Crippen LogP contribution in [0.4, 0.5) is 4.79 Å². The predicted molar refractivity (Wildman–Crippen MR) is 48.0 cm³/mol. The van der Waals surface area contributed by atoms with Crippen molar-refractivity contribution in [2.75, 3.05) is 0 Å². The van der Waals surface area contributed by atoms with Crippen molar-refractivity contribution in [2.24, 2.45) is 0 Å². The van der Waals surface area contributed by atoms with E-state index in [9.17, 15) is 4.79 Å². The van der Waals surface area contributed by atoms with E-state index in [1.807, 2.05) is 6.07 Å². The lowest BCUT2D eigenvalue weighted by Crippen LogP contribution is -1.98. The van der Waals surface area contributed by atoms with E-state index in [1.54, 1.807) is 0 Å². The first-order valence-electron chi connectivity index (χ1n) is 3.20. The van der Waals surface area contributed by atoms with Crippen LogP contribution in [0.25, 0.3) is 0 Å². The summed E-state index contributed by atoms with van der Waals surface area (Å²) >= 11 is 10.6. The zero-order valence-electron chi connectivity index (χ0n) is 6.25. The molecule has 0 bridgehead atoms. The minimum absolute atomic E-state index is 0.0648. The van der Waals surface area contributed by atoms with Crippen molar-refractivity contribution in [1.29, 1.82) is 5.26 Å². The van der Waals surface area contributed by atoms with Gasteiger partial charge in [-0.05, 0) is 12.1 Å². The number of nitrogens with zero attached hydrogens (tertiary/aromatic N) is 1. The highest BCUT2D eigenvalue weighted by molar-refractivity contribution is 6.61. The van der Waals surface area contributed by atoms with E-state index in [0.717, 1.165) is 0 Å². The number of halogens is 2. The van der Waals surface area contributed by atoms with Gasteiger partial charge in [0.15, 0.2) is 5.75 Å². The maximum absolute atomic E-state index is 10.4. The maximum atomic E-state index is 10.4. The summed E-state index contributed by atoms with van der Waals surface area (Å²) in [6.45, 7) is 0. The molecule has 0 amide bonds. The molecule has 0 aliphatic heterocycles. The van der Waals surface area contributed by atoms with Gasteiger partial charge in [-0.15, -0.1) is 0 Å². The molecule has 0 aliphatic carbocycles. The van der Waals surface area contributed by atoms with Gasteiger partial charge >= 0.3 is 5.43 Å². The Labute approximate surface area is 84.4 Å². The van der Waals surface area contributed by atoms with Crippen LogP contribution in [0.2, 0.25) is 5.02 Å². The van der Waals surface area contributed by atoms with Gasteiger partial charge in [-0.1, -0.05) is 11.6 Å². The topological polar surface area (TPSA) is 50.1 Å². The second kappa shape index (κ2) is 4.13. The van der Waals surface area contributed by atoms with Crippen LogP contribution in [0.1, 0.15) is 5.56 Å². The van der Waals surface area contributed by atoms with E-state index in [0.29, 0.717) is 5.02 Å². The molecule has 5 heteroatoms. The Kier molecular flexibility index (Phi) is 3.13. The highest BCUT2D eigenvalue weighted by Gasteiger charge is 2.07. The first kappa shape index (κ1) is 9.85. The summed E-state index contributed by atoms with van der Waals surface area (Å²) < 4.78 is 4.54. The molecule has 0 heterocycles. The lowest BCUT2D eigenvalue weighted by molar-refractivity contribution is 0.225. The molecule has 0 aromatic heterocycles. The van der Waals surface area contributed by atoms with Gasteiger partial charge in [-0.2, -0.15) is 5.26 Å². The van der Waals surface area contributed by atoms with E-state index in [1.165, 1.54) is 18.2 Å². The third kappa shape index (κ3) is 2.62. The van der Waals surface area contributed by atoms with E-state index in [-0.39, 0.29) is 11.3 Å². The Bertz CT molecular complexity index is 384. The molecular weight excluding hydrogens is 213 g/mol. The molecule has 0 spiro atoms. The molecule has 1 aromatic carbocycles. The third-order valence-electron chi connectivity index (χ3n) is 1.25. The van der Waals surface area contributed by atoms with Crippen LogP contribution in [0.5, 0.6) is 5.75 Å². The van der Waals surface area contributed by atoms with Gasteiger partial charge in [-0.3, -0.25) is 0 Å². The normalized spacial score (nSPS) is 9.00. The molecule has 0 N–H and O–H groups in total. The molecule has 0 saturated carbocycles. The number of benzene rings is 1. The summed E-state index contributed by atoms with van der Waals surface area (Å²) in [5.41, 5.74) is -0.794. The summed E-state index contributed by atoms with van der Waals surface area (Å²) in [6.07, 6.45) is 0. The second-order valence-corrected chi connectivity index (χ2v) is 2.84. The first-order chi connectivity index (χ1) is 6.13. The number of rotatable bonds is 1. The van der Waals surface area contributed by atoms with Crippen LogP contribution < -0.4 is 4.74 Å². The lowest BCUT2D eigenvalue weighted by Gasteiger charge is -2.01. The van der Waals surface area contributed by atoms with Crippen LogP contribution in [0.3, 0.4) is 0 Å². The van der Waals surface area contributed by atoms with E-state index in [4.69, 9.17) is 28.5 Å². The number of hydrogen-bond donors (Lipinski definition) is 0. The molecular formula is C8H3Cl2NO2. The monoisotopic (exact) mass is 215 g/mol. The van der Waals surface area contributed by atoms with Crippen molar-refractivity contribution < 1.29 is 9.53 Å². The minimum Gasteiger partial charge on any atom is -0.413 e. The summed E-state index contributed by atoms with van der Waals surface area (Å²) in [7, 11) is 0. The molecule has 0 atom stereocenters. The summed E-state index contributed by atoms with van der Waals surface area (Å²) in [4.78, 5) is 10.4. The highest BCUT2D eigenvalue weighted by Crippen LogP contribution is 2.23. The number of hydrogen-bond acceptors (Lipinski definition) is 3. The van der Waals surface area contributed by atoms with Crippen molar-refractivity contribution >= 4 is 28.6 Å². The molecule has 13 heavy (non-hydrogen) atoms. The smallest absolute Gasteiger partial charge is 0.409 e. The zero-order valence-corrected chi connectivity index (χ0v) is 7.76. The predicted octanol–water partition coefficient (Wildman–Crippen LogP) is 2.95. The Balaban J connectivity index is 3.10. The molecule has 0 saturated heterocycles. The van der Waals surface area contributed by atoms with E-state index >= 15 is 0 Å². The number of carbonyl (C=O) groups excluding carboxylic acids is 1. The average molecular weight is 216 g/mol. The molecule has 0 radical (unpaired) electrons. The van der Waals surface area contributed by atoms with Crippen LogP contribution in [0.15, 0.2) is 18.2 Å². The Morgan fingerprint density at radius 3 is 2.77 bits per heavy atom. The fraction of sp³-hybridized carbons (Fsp3) is 0. The quantitative estimate of drug-likeness (QED) is 0.678. The van der Waals surface area contributed by atoms with Crippen LogP contribution in [-0.2, 0) is 0 Å². The van der Waals surface area contributed by atoms with Gasteiger partial charge in [0.1, 0.15) is 6.07 Å². The molecule has 3 nitrogen and oxygen atoms in total. The van der Waals surface area contributed by atoms with Crippen LogP contribution in [-0.4, -0.2) is 5.43 Å². The second-order valence-electron chi connectivity index (χ2n) is 2.09. The lowest BCUT2D eigenvalue weighted by atomic mass is 10.2. The van der Waals surface area contributed by atoms with Gasteiger partial charge in [0.2, 0.25) is 0 Å². The largest absolute Gasteiger partial charge is 0.413 e. The van der Waals surface area contributed by atoms with Gasteiger partial charge in [-0.25, -0.2) is 4.79 Å². The Hall–Kier alpha value is -1.24. The van der Waals surface area contributed by atoms with Gasteiger partial charge in [0, 0.05) is 22.7 Å². The Morgan fingerprint density at radius 2 is 2.23 bits per heavy atom. The van der Waals surface area contributed by atoms with Gasteiger partial charge in [0.25, 0.3) is 0 Å². The van der Waals surface area contributed by atoms with Crippen molar-refractivity contribution in [3.63, 3.8) is 0 Å². The maximum Gasteiger partial charge on any atom is 0.409 e. The van der Waals surface area contributed by atoms with Crippen molar-refractivity contribution in [3.8, 4) is 11.8 Å². The first-order valence-corrected chi connectivity index (χ1v) is 3.96.